The number of anilines is 1. The van der Waals surface area contributed by atoms with Crippen LogP contribution < -0.4 is 10.6 Å². The summed E-state index contributed by atoms with van der Waals surface area (Å²) in [5.41, 5.74) is 0.647. The van der Waals surface area contributed by atoms with E-state index >= 15 is 0 Å². The zero-order valence-electron chi connectivity index (χ0n) is 9.07. The molecule has 0 atom stereocenters. The molecule has 2 fully saturated rings. The van der Waals surface area contributed by atoms with Crippen molar-refractivity contribution in [1.29, 1.82) is 0 Å². The van der Waals surface area contributed by atoms with Gasteiger partial charge in [0, 0.05) is 18.3 Å². The summed E-state index contributed by atoms with van der Waals surface area (Å²) in [7, 11) is 0. The van der Waals surface area contributed by atoms with E-state index in [4.69, 9.17) is 0 Å². The lowest BCUT2D eigenvalue weighted by atomic mass is 10.2. The van der Waals surface area contributed by atoms with Crippen LogP contribution in [0.25, 0.3) is 0 Å². The molecule has 0 saturated heterocycles. The Kier molecular flexibility index (Phi) is 2.27. The Hall–Kier alpha value is -1.58. The molecular formula is C12H15N3O. The van der Waals surface area contributed by atoms with Gasteiger partial charge < -0.3 is 10.6 Å². The largest absolute Gasteiger partial charge is 0.367 e. The van der Waals surface area contributed by atoms with Crippen LogP contribution in [-0.2, 0) is 0 Å². The average molecular weight is 217 g/mol. The lowest BCUT2D eigenvalue weighted by molar-refractivity contribution is 0.0951. The average Bonchev–Trinajstić information content (AvgIpc) is 3.14. The van der Waals surface area contributed by atoms with Crippen LogP contribution in [0.2, 0.25) is 0 Å². The van der Waals surface area contributed by atoms with Crippen molar-refractivity contribution in [2.45, 2.75) is 37.8 Å². The van der Waals surface area contributed by atoms with Crippen molar-refractivity contribution < 1.29 is 4.79 Å². The molecule has 4 nitrogen and oxygen atoms in total. The number of hydrogen-bond donors (Lipinski definition) is 2. The fourth-order valence-corrected chi connectivity index (χ4v) is 1.55. The summed E-state index contributed by atoms with van der Waals surface area (Å²) >= 11 is 0. The van der Waals surface area contributed by atoms with Crippen molar-refractivity contribution >= 4 is 11.7 Å². The zero-order chi connectivity index (χ0) is 11.0. The highest BCUT2D eigenvalue weighted by atomic mass is 16.1. The molecule has 0 bridgehead atoms. The highest BCUT2D eigenvalue weighted by Gasteiger charge is 2.24. The first-order valence-electron chi connectivity index (χ1n) is 5.85. The molecule has 0 aromatic carbocycles. The quantitative estimate of drug-likeness (QED) is 0.804. The topological polar surface area (TPSA) is 54.0 Å². The second kappa shape index (κ2) is 3.77. The first-order chi connectivity index (χ1) is 7.81. The summed E-state index contributed by atoms with van der Waals surface area (Å²) < 4.78 is 0. The molecule has 0 unspecified atom stereocenters. The number of nitrogens with one attached hydrogen (secondary N) is 2. The number of hydrogen-bond acceptors (Lipinski definition) is 3. The Balaban J connectivity index is 1.63. The van der Waals surface area contributed by atoms with Crippen LogP contribution >= 0.6 is 0 Å². The first kappa shape index (κ1) is 9.63. The van der Waals surface area contributed by atoms with Gasteiger partial charge in [-0.25, -0.2) is 4.98 Å². The predicted molar refractivity (Wildman–Crippen MR) is 61.4 cm³/mol. The standard InChI is InChI=1S/C12H15N3O/c16-12(15-10-4-5-10)8-1-6-11(13-7-8)14-9-2-3-9/h1,6-7,9-10H,2-5H2,(H,13,14)(H,15,16). The second-order valence-corrected chi connectivity index (χ2v) is 4.60. The van der Waals surface area contributed by atoms with Crippen molar-refractivity contribution in [2.24, 2.45) is 0 Å². The fourth-order valence-electron chi connectivity index (χ4n) is 1.55. The van der Waals surface area contributed by atoms with E-state index in [1.165, 1.54) is 12.8 Å². The lowest BCUT2D eigenvalue weighted by Gasteiger charge is -2.05. The van der Waals surface area contributed by atoms with E-state index in [1.54, 1.807) is 6.20 Å². The van der Waals surface area contributed by atoms with Gasteiger partial charge in [-0.3, -0.25) is 4.79 Å². The maximum atomic E-state index is 11.7. The third-order valence-electron chi connectivity index (χ3n) is 2.87. The van der Waals surface area contributed by atoms with Gasteiger partial charge in [-0.05, 0) is 37.8 Å². The third kappa shape index (κ3) is 2.32. The van der Waals surface area contributed by atoms with E-state index in [0.717, 1.165) is 18.7 Å². The normalized spacial score (nSPS) is 19.2. The van der Waals surface area contributed by atoms with Gasteiger partial charge >= 0.3 is 0 Å². The molecule has 2 saturated carbocycles. The van der Waals surface area contributed by atoms with Crippen LogP contribution in [0.5, 0.6) is 0 Å². The molecule has 0 aliphatic heterocycles. The predicted octanol–water partition coefficient (Wildman–Crippen LogP) is 1.55. The Morgan fingerprint density at radius 3 is 2.50 bits per heavy atom. The van der Waals surface area contributed by atoms with Crippen molar-refractivity contribution in [2.75, 3.05) is 5.32 Å². The molecule has 3 rings (SSSR count). The van der Waals surface area contributed by atoms with Gasteiger partial charge in [0.25, 0.3) is 5.91 Å². The van der Waals surface area contributed by atoms with Crippen molar-refractivity contribution in [3.05, 3.63) is 23.9 Å². The summed E-state index contributed by atoms with van der Waals surface area (Å²) in [4.78, 5) is 15.9. The Labute approximate surface area is 94.5 Å². The molecule has 4 heteroatoms. The van der Waals surface area contributed by atoms with E-state index in [1.807, 2.05) is 12.1 Å². The van der Waals surface area contributed by atoms with E-state index in [2.05, 4.69) is 15.6 Å². The van der Waals surface area contributed by atoms with Crippen LogP contribution in [-0.4, -0.2) is 23.0 Å². The Morgan fingerprint density at radius 1 is 1.19 bits per heavy atom. The van der Waals surface area contributed by atoms with Gasteiger partial charge in [0.05, 0.1) is 5.56 Å². The lowest BCUT2D eigenvalue weighted by Crippen LogP contribution is -2.25. The van der Waals surface area contributed by atoms with Gasteiger partial charge in [0.15, 0.2) is 0 Å². The smallest absolute Gasteiger partial charge is 0.253 e. The number of nitrogens with zero attached hydrogens (tertiary/aromatic N) is 1. The summed E-state index contributed by atoms with van der Waals surface area (Å²) in [6, 6.07) is 4.70. The molecule has 1 aromatic heterocycles. The molecule has 84 valence electrons. The van der Waals surface area contributed by atoms with Gasteiger partial charge in [-0.15, -0.1) is 0 Å². The Morgan fingerprint density at radius 2 is 1.94 bits per heavy atom. The van der Waals surface area contributed by atoms with Crippen molar-refractivity contribution in [3.63, 3.8) is 0 Å². The number of rotatable bonds is 4. The molecular weight excluding hydrogens is 202 g/mol. The minimum Gasteiger partial charge on any atom is -0.367 e. The number of aromatic nitrogens is 1. The fraction of sp³-hybridized carbons (Fsp3) is 0.500. The Bertz CT molecular complexity index is 393. The molecule has 1 heterocycles. The van der Waals surface area contributed by atoms with Crippen LogP contribution in [0.15, 0.2) is 18.3 Å². The molecule has 2 aliphatic rings. The molecule has 16 heavy (non-hydrogen) atoms. The minimum absolute atomic E-state index is 0.00651. The summed E-state index contributed by atoms with van der Waals surface area (Å²) in [6.45, 7) is 0. The number of amides is 1. The van der Waals surface area contributed by atoms with E-state index in [0.29, 0.717) is 17.6 Å². The second-order valence-electron chi connectivity index (χ2n) is 4.60. The summed E-state index contributed by atoms with van der Waals surface area (Å²) in [5.74, 6) is 0.860. The molecule has 0 spiro atoms. The van der Waals surface area contributed by atoms with E-state index in [-0.39, 0.29) is 5.91 Å². The highest BCUT2D eigenvalue weighted by Crippen LogP contribution is 2.23. The molecule has 2 N–H and O–H groups in total. The third-order valence-corrected chi connectivity index (χ3v) is 2.87. The van der Waals surface area contributed by atoms with Crippen LogP contribution in [0.1, 0.15) is 36.0 Å². The SMILES string of the molecule is O=C(NC1CC1)c1ccc(NC2CC2)nc1. The zero-order valence-corrected chi connectivity index (χ0v) is 9.07. The molecule has 0 radical (unpaired) electrons. The maximum absolute atomic E-state index is 11.7. The van der Waals surface area contributed by atoms with Gasteiger partial charge in [0.1, 0.15) is 5.82 Å². The summed E-state index contributed by atoms with van der Waals surface area (Å²) in [6.07, 6.45) is 6.32. The maximum Gasteiger partial charge on any atom is 0.253 e. The van der Waals surface area contributed by atoms with E-state index in [9.17, 15) is 4.79 Å². The van der Waals surface area contributed by atoms with Crippen LogP contribution in [0, 0.1) is 0 Å². The molecule has 1 amide bonds. The van der Waals surface area contributed by atoms with Gasteiger partial charge in [-0.1, -0.05) is 0 Å². The van der Waals surface area contributed by atoms with Crippen molar-refractivity contribution in [1.82, 2.24) is 10.3 Å². The first-order valence-corrected chi connectivity index (χ1v) is 5.85. The minimum atomic E-state index is -0.00651. The van der Waals surface area contributed by atoms with E-state index < -0.39 is 0 Å². The number of carbonyl (C=O) groups excluding carboxylic acids is 1. The van der Waals surface area contributed by atoms with Crippen molar-refractivity contribution in [3.8, 4) is 0 Å². The summed E-state index contributed by atoms with van der Waals surface area (Å²) in [5, 5.41) is 6.24. The van der Waals surface area contributed by atoms with Crippen LogP contribution in [0.3, 0.4) is 0 Å². The molecule has 2 aliphatic carbocycles. The van der Waals surface area contributed by atoms with Gasteiger partial charge in [0.2, 0.25) is 0 Å². The number of carbonyl (C=O) groups is 1. The van der Waals surface area contributed by atoms with Crippen LogP contribution in [0.4, 0.5) is 5.82 Å². The van der Waals surface area contributed by atoms with Gasteiger partial charge in [-0.2, -0.15) is 0 Å². The number of pyridine rings is 1. The monoisotopic (exact) mass is 217 g/mol. The highest BCUT2D eigenvalue weighted by molar-refractivity contribution is 5.94. The molecule has 1 aromatic rings.